The van der Waals surface area contributed by atoms with Gasteiger partial charge in [-0.15, -0.1) is 0 Å². The number of hydrogen-bond donors (Lipinski definition) is 2. The Bertz CT molecular complexity index is 36.6. The van der Waals surface area contributed by atoms with Crippen molar-refractivity contribution in [3.8, 4) is 0 Å². The van der Waals surface area contributed by atoms with Crippen LogP contribution in [0.5, 0.6) is 0 Å². The molecule has 0 rings (SSSR count). The molecule has 0 aromatic heterocycles. The van der Waals surface area contributed by atoms with Crippen molar-refractivity contribution >= 4 is 8.30 Å². The Morgan fingerprint density at radius 2 is 2.20 bits per heavy atom. The second kappa shape index (κ2) is 2.24. The first-order valence-electron chi connectivity index (χ1n) is 1.11. The van der Waals surface area contributed by atoms with E-state index in [4.69, 9.17) is 4.89 Å². The molecule has 0 aromatic rings. The maximum absolute atomic E-state index is 8.13. The highest BCUT2D eigenvalue weighted by Gasteiger charge is 1.85. The van der Waals surface area contributed by atoms with Crippen LogP contribution in [0.15, 0.2) is 4.88 Å². The van der Waals surface area contributed by atoms with Gasteiger partial charge in [0.1, 0.15) is 0 Å². The molecule has 0 aliphatic carbocycles. The van der Waals surface area contributed by atoms with Crippen LogP contribution in [-0.4, -0.2) is 11.6 Å². The molecule has 30 valence electrons. The monoisotopic (exact) mass is 93.0 g/mol. The lowest BCUT2D eigenvalue weighted by molar-refractivity contribution is -0.203. The first-order valence-corrected chi connectivity index (χ1v) is 2.80. The van der Waals surface area contributed by atoms with Crippen LogP contribution in [0.2, 0.25) is 0 Å². The van der Waals surface area contributed by atoms with Crippen LogP contribution in [0, 0.1) is 0 Å². The van der Waals surface area contributed by atoms with E-state index in [-0.39, 0.29) is 0 Å². The lowest BCUT2D eigenvalue weighted by atomic mass is 12.0. The Hall–Kier alpha value is -0.0100. The van der Waals surface area contributed by atoms with E-state index in [1.165, 1.54) is 0 Å². The molecule has 0 spiro atoms. The first-order chi connectivity index (χ1) is 2.27. The highest BCUT2D eigenvalue weighted by Crippen LogP contribution is 2.20. The Labute approximate surface area is 31.4 Å². The quantitative estimate of drug-likeness (QED) is 0.321. The van der Waals surface area contributed by atoms with Gasteiger partial charge in [-0.1, -0.05) is 0 Å². The van der Waals surface area contributed by atoms with E-state index in [2.05, 4.69) is 10.4 Å². The van der Waals surface area contributed by atoms with Crippen LogP contribution in [0.25, 0.3) is 0 Å². The van der Waals surface area contributed by atoms with E-state index < -0.39 is 8.30 Å². The van der Waals surface area contributed by atoms with Crippen LogP contribution in [0.1, 0.15) is 0 Å². The van der Waals surface area contributed by atoms with Crippen molar-refractivity contribution in [1.29, 1.82) is 0 Å². The van der Waals surface area contributed by atoms with Gasteiger partial charge >= 0.3 is 0 Å². The molecule has 0 saturated carbocycles. The smallest absolute Gasteiger partial charge is 0.220 e. The molecular formula is CH6N2OP+. The minimum atomic E-state index is -1.20. The van der Waals surface area contributed by atoms with Gasteiger partial charge in [-0.25, -0.2) is 0 Å². The number of rotatable bonds is 1. The zero-order valence-electron chi connectivity index (χ0n) is 2.92. The summed E-state index contributed by atoms with van der Waals surface area (Å²) in [7, 11) is -1.20. The van der Waals surface area contributed by atoms with E-state index in [0.29, 0.717) is 0 Å². The van der Waals surface area contributed by atoms with Crippen molar-refractivity contribution in [2.24, 2.45) is 4.88 Å². The molecule has 5 heavy (non-hydrogen) atoms. The van der Waals surface area contributed by atoms with Gasteiger partial charge in [-0.05, 0) is 0 Å². The highest BCUT2D eigenvalue weighted by molar-refractivity contribution is 7.48. The molecule has 0 saturated heterocycles. The van der Waals surface area contributed by atoms with Crippen molar-refractivity contribution < 1.29 is 10.4 Å². The molecule has 0 amide bonds. The molecule has 0 bridgehead atoms. The standard InChI is InChI=1S/CH5N2OP/c1-5(4)3-2/h2,4H,1H3/p+1. The maximum atomic E-state index is 8.13. The van der Waals surface area contributed by atoms with Gasteiger partial charge in [0.05, 0.1) is 0 Å². The molecule has 1 unspecified atom stereocenters. The second-order valence-electron chi connectivity index (χ2n) is 0.605. The summed E-state index contributed by atoms with van der Waals surface area (Å²) in [4.78, 5) is 11.1. The third-order valence-electron chi connectivity index (χ3n) is 0.167. The molecule has 0 radical (unpaired) electrons. The van der Waals surface area contributed by atoms with Gasteiger partial charge < -0.3 is 4.89 Å². The fourth-order valence-electron chi connectivity index (χ4n) is 0. The van der Waals surface area contributed by atoms with Gasteiger partial charge in [0, 0.05) is 11.5 Å². The Kier molecular flexibility index (Phi) is 2.24. The lowest BCUT2D eigenvalue weighted by Crippen LogP contribution is -2.21. The third kappa shape index (κ3) is 3.99. The summed E-state index contributed by atoms with van der Waals surface area (Å²) < 4.78 is 0. The Morgan fingerprint density at radius 1 is 2.00 bits per heavy atom. The molecule has 0 heterocycles. The van der Waals surface area contributed by atoms with Gasteiger partial charge in [-0.2, -0.15) is 5.53 Å². The molecule has 0 aromatic carbocycles. The fraction of sp³-hybridized carbons (Fsp3) is 1.00. The second-order valence-corrected chi connectivity index (χ2v) is 1.81. The van der Waals surface area contributed by atoms with Crippen LogP contribution >= 0.6 is 8.30 Å². The Balaban J connectivity index is 2.83. The molecule has 0 aliphatic rings. The number of hydrogen-bond acceptors (Lipinski definition) is 2. The minimum Gasteiger partial charge on any atom is -0.350 e. The summed E-state index contributed by atoms with van der Waals surface area (Å²) in [5, 5.41) is 0. The average molecular weight is 93.0 g/mol. The average Bonchev–Trinajstić information content (AvgIpc) is 1.38. The largest absolute Gasteiger partial charge is 0.350 e. The van der Waals surface area contributed by atoms with Crippen LogP contribution in [0.3, 0.4) is 0 Å². The zero-order chi connectivity index (χ0) is 4.28. The minimum absolute atomic E-state index is 1.20. The number of nitrogens with zero attached hydrogens (tertiary/aromatic N) is 1. The van der Waals surface area contributed by atoms with Crippen molar-refractivity contribution in [3.05, 3.63) is 0 Å². The molecule has 1 atom stereocenters. The van der Waals surface area contributed by atoms with Crippen LogP contribution in [-0.2, 0) is 0 Å². The molecule has 4 heteroatoms. The van der Waals surface area contributed by atoms with Crippen molar-refractivity contribution in [1.82, 2.24) is 0 Å². The van der Waals surface area contributed by atoms with E-state index in [0.717, 1.165) is 0 Å². The number of nitrogens with two attached hydrogens (primary N) is 1. The fourth-order valence-corrected chi connectivity index (χ4v) is 0. The third-order valence-corrected chi connectivity index (χ3v) is 0.501. The van der Waals surface area contributed by atoms with Crippen LogP contribution < -0.4 is 5.53 Å². The predicted octanol–water partition coefficient (Wildman–Crippen LogP) is -0.868. The summed E-state index contributed by atoms with van der Waals surface area (Å²) in [5.74, 6) is 0. The van der Waals surface area contributed by atoms with Gasteiger partial charge in [0.15, 0.2) is 0 Å². The van der Waals surface area contributed by atoms with Gasteiger partial charge in [0.25, 0.3) is 0 Å². The van der Waals surface area contributed by atoms with Crippen molar-refractivity contribution in [3.63, 3.8) is 0 Å². The van der Waals surface area contributed by atoms with Crippen molar-refractivity contribution in [2.45, 2.75) is 0 Å². The predicted molar refractivity (Wildman–Crippen MR) is 19.4 cm³/mol. The summed E-state index contributed by atoms with van der Waals surface area (Å²) in [6, 6.07) is 0. The maximum Gasteiger partial charge on any atom is 0.220 e. The summed E-state index contributed by atoms with van der Waals surface area (Å²) >= 11 is 0. The molecular weight excluding hydrogens is 87.0 g/mol. The summed E-state index contributed by atoms with van der Waals surface area (Å²) in [5.41, 5.74) is 4.58. The molecule has 3 N–H and O–H groups in total. The summed E-state index contributed by atoms with van der Waals surface area (Å²) in [6.07, 6.45) is 0. The highest BCUT2D eigenvalue weighted by atomic mass is 31.2. The summed E-state index contributed by atoms with van der Waals surface area (Å²) in [6.45, 7) is 1.55. The molecule has 3 nitrogen and oxygen atoms in total. The molecule has 0 fully saturated rings. The van der Waals surface area contributed by atoms with E-state index in [9.17, 15) is 0 Å². The topological polar surface area (TPSA) is 58.2 Å². The van der Waals surface area contributed by atoms with E-state index >= 15 is 0 Å². The van der Waals surface area contributed by atoms with Crippen LogP contribution in [0.4, 0.5) is 0 Å². The molecule has 0 aliphatic heterocycles. The first kappa shape index (κ1) is 4.99. The van der Waals surface area contributed by atoms with Crippen molar-refractivity contribution in [2.75, 3.05) is 6.66 Å². The van der Waals surface area contributed by atoms with E-state index in [1.54, 1.807) is 6.66 Å². The van der Waals surface area contributed by atoms with Gasteiger partial charge in [0.2, 0.25) is 8.30 Å². The SMILES string of the molecule is CP(O)N=[NH2+]. The zero-order valence-corrected chi connectivity index (χ0v) is 3.81. The normalized spacial score (nSPS) is 14.0. The Morgan fingerprint density at radius 3 is 2.20 bits per heavy atom. The van der Waals surface area contributed by atoms with Gasteiger partial charge in [-0.3, -0.25) is 0 Å². The lowest BCUT2D eigenvalue weighted by Gasteiger charge is -1.75. The van der Waals surface area contributed by atoms with E-state index in [1.807, 2.05) is 0 Å².